The summed E-state index contributed by atoms with van der Waals surface area (Å²) in [6.45, 7) is 5.64. The first-order valence-electron chi connectivity index (χ1n) is 7.36. The van der Waals surface area contributed by atoms with Crippen LogP contribution in [0.25, 0.3) is 0 Å². The topological polar surface area (TPSA) is 41.6 Å². The van der Waals surface area contributed by atoms with Gasteiger partial charge in [0.2, 0.25) is 0 Å². The van der Waals surface area contributed by atoms with Crippen molar-refractivity contribution in [3.05, 3.63) is 29.8 Å². The first kappa shape index (κ1) is 15.0. The van der Waals surface area contributed by atoms with Gasteiger partial charge in [0, 0.05) is 11.6 Å². The van der Waals surface area contributed by atoms with Crippen molar-refractivity contribution in [2.24, 2.45) is 0 Å². The van der Waals surface area contributed by atoms with Gasteiger partial charge in [0.1, 0.15) is 5.75 Å². The predicted molar refractivity (Wildman–Crippen MR) is 80.5 cm³/mol. The Labute approximate surface area is 121 Å². The van der Waals surface area contributed by atoms with E-state index in [1.54, 1.807) is 7.11 Å². The highest BCUT2D eigenvalue weighted by molar-refractivity contribution is 5.97. The Kier molecular flexibility index (Phi) is 5.56. The maximum atomic E-state index is 12.4. The van der Waals surface area contributed by atoms with E-state index in [9.17, 15) is 4.79 Å². The van der Waals surface area contributed by atoms with Gasteiger partial charge in [-0.15, -0.1) is 0 Å². The van der Waals surface area contributed by atoms with E-state index in [0.717, 1.165) is 43.8 Å². The van der Waals surface area contributed by atoms with Crippen LogP contribution < -0.4 is 10.1 Å². The minimum Gasteiger partial charge on any atom is -0.497 e. The number of methoxy groups -OCH3 is 1. The highest BCUT2D eigenvalue weighted by atomic mass is 16.5. The zero-order chi connectivity index (χ0) is 14.4. The third kappa shape index (κ3) is 3.81. The predicted octanol–water partition coefficient (Wildman–Crippen LogP) is 1.95. The van der Waals surface area contributed by atoms with Gasteiger partial charge in [-0.2, -0.15) is 0 Å². The molecular weight excluding hydrogens is 252 g/mol. The quantitative estimate of drug-likeness (QED) is 0.806. The molecule has 1 heterocycles. The van der Waals surface area contributed by atoms with Crippen molar-refractivity contribution in [1.29, 1.82) is 0 Å². The molecule has 1 aliphatic rings. The van der Waals surface area contributed by atoms with Crippen molar-refractivity contribution in [3.8, 4) is 5.75 Å². The van der Waals surface area contributed by atoms with Crippen molar-refractivity contribution in [1.82, 2.24) is 10.2 Å². The standard InChI is InChI=1S/C16H24N2O2/c1-3-18(14-7-9-17-10-8-14)12-16(19)13-5-4-6-15(11-13)20-2/h4-6,11,14,17H,3,7-10,12H2,1-2H3. The summed E-state index contributed by atoms with van der Waals surface area (Å²) in [5.41, 5.74) is 0.733. The van der Waals surface area contributed by atoms with Gasteiger partial charge in [-0.25, -0.2) is 0 Å². The molecule has 0 aromatic heterocycles. The van der Waals surface area contributed by atoms with E-state index in [1.807, 2.05) is 24.3 Å². The van der Waals surface area contributed by atoms with Gasteiger partial charge in [0.25, 0.3) is 0 Å². The highest BCUT2D eigenvalue weighted by Crippen LogP contribution is 2.16. The summed E-state index contributed by atoms with van der Waals surface area (Å²) in [5, 5.41) is 3.37. The van der Waals surface area contributed by atoms with Crippen molar-refractivity contribution in [2.45, 2.75) is 25.8 Å². The Morgan fingerprint density at radius 3 is 2.80 bits per heavy atom. The molecule has 110 valence electrons. The Morgan fingerprint density at radius 2 is 2.15 bits per heavy atom. The van der Waals surface area contributed by atoms with Crippen LogP contribution in [0.15, 0.2) is 24.3 Å². The fourth-order valence-corrected chi connectivity index (χ4v) is 2.74. The minimum absolute atomic E-state index is 0.171. The van der Waals surface area contributed by atoms with Gasteiger partial charge in [-0.1, -0.05) is 19.1 Å². The molecule has 0 spiro atoms. The summed E-state index contributed by atoms with van der Waals surface area (Å²) in [5.74, 6) is 0.907. The third-order valence-electron chi connectivity index (χ3n) is 3.97. The molecule has 4 nitrogen and oxygen atoms in total. The fraction of sp³-hybridized carbons (Fsp3) is 0.562. The average molecular weight is 276 g/mol. The number of hydrogen-bond acceptors (Lipinski definition) is 4. The van der Waals surface area contributed by atoms with E-state index in [4.69, 9.17) is 4.74 Å². The maximum Gasteiger partial charge on any atom is 0.176 e. The lowest BCUT2D eigenvalue weighted by atomic mass is 10.0. The minimum atomic E-state index is 0.171. The monoisotopic (exact) mass is 276 g/mol. The number of rotatable bonds is 6. The van der Waals surface area contributed by atoms with E-state index in [2.05, 4.69) is 17.1 Å². The van der Waals surface area contributed by atoms with Crippen molar-refractivity contribution < 1.29 is 9.53 Å². The number of ether oxygens (including phenoxy) is 1. The second-order valence-electron chi connectivity index (χ2n) is 5.20. The molecule has 1 fully saturated rings. The second kappa shape index (κ2) is 7.41. The lowest BCUT2D eigenvalue weighted by Gasteiger charge is -2.33. The van der Waals surface area contributed by atoms with E-state index in [-0.39, 0.29) is 5.78 Å². The van der Waals surface area contributed by atoms with Crippen LogP contribution in [0.1, 0.15) is 30.1 Å². The van der Waals surface area contributed by atoms with Crippen molar-refractivity contribution in [2.75, 3.05) is 33.3 Å². The van der Waals surface area contributed by atoms with Gasteiger partial charge in [-0.3, -0.25) is 9.69 Å². The molecule has 1 aromatic carbocycles. The highest BCUT2D eigenvalue weighted by Gasteiger charge is 2.22. The van der Waals surface area contributed by atoms with E-state index >= 15 is 0 Å². The van der Waals surface area contributed by atoms with Crippen LogP contribution in [-0.2, 0) is 0 Å². The maximum absolute atomic E-state index is 12.4. The number of nitrogens with one attached hydrogen (secondary N) is 1. The summed E-state index contributed by atoms with van der Waals surface area (Å²) in [6.07, 6.45) is 2.25. The normalized spacial score (nSPS) is 16.4. The smallest absolute Gasteiger partial charge is 0.176 e. The SMILES string of the molecule is CCN(CC(=O)c1cccc(OC)c1)C1CCNCC1. The van der Waals surface area contributed by atoms with Gasteiger partial charge in [-0.05, 0) is 44.6 Å². The molecular formula is C16H24N2O2. The fourth-order valence-electron chi connectivity index (χ4n) is 2.74. The van der Waals surface area contributed by atoms with Crippen LogP contribution in [0.5, 0.6) is 5.75 Å². The van der Waals surface area contributed by atoms with Gasteiger partial charge >= 0.3 is 0 Å². The van der Waals surface area contributed by atoms with Crippen molar-refractivity contribution >= 4 is 5.78 Å². The van der Waals surface area contributed by atoms with Gasteiger partial charge < -0.3 is 10.1 Å². The van der Waals surface area contributed by atoms with Gasteiger partial charge in [0.05, 0.1) is 13.7 Å². The zero-order valence-electron chi connectivity index (χ0n) is 12.4. The summed E-state index contributed by atoms with van der Waals surface area (Å²) < 4.78 is 5.18. The van der Waals surface area contributed by atoms with Crippen LogP contribution >= 0.6 is 0 Å². The summed E-state index contributed by atoms with van der Waals surface area (Å²) >= 11 is 0. The molecule has 0 bridgehead atoms. The molecule has 0 aliphatic carbocycles. The molecule has 20 heavy (non-hydrogen) atoms. The van der Waals surface area contributed by atoms with Crippen LogP contribution in [0.4, 0.5) is 0 Å². The number of carbonyl (C=O) groups excluding carboxylic acids is 1. The molecule has 0 radical (unpaired) electrons. The zero-order valence-corrected chi connectivity index (χ0v) is 12.4. The summed E-state index contributed by atoms with van der Waals surface area (Å²) in [4.78, 5) is 14.7. The number of carbonyl (C=O) groups is 1. The summed E-state index contributed by atoms with van der Waals surface area (Å²) in [6, 6.07) is 7.93. The van der Waals surface area contributed by atoms with Crippen LogP contribution in [0.2, 0.25) is 0 Å². The first-order valence-corrected chi connectivity index (χ1v) is 7.36. The Morgan fingerprint density at radius 1 is 1.40 bits per heavy atom. The number of nitrogens with zero attached hydrogens (tertiary/aromatic N) is 1. The number of ketones is 1. The molecule has 4 heteroatoms. The van der Waals surface area contributed by atoms with E-state index in [0.29, 0.717) is 12.6 Å². The Bertz CT molecular complexity index is 442. The molecule has 1 aliphatic heterocycles. The molecule has 0 amide bonds. The summed E-state index contributed by atoms with van der Waals surface area (Å²) in [7, 11) is 1.62. The largest absolute Gasteiger partial charge is 0.497 e. The number of piperidine rings is 1. The molecule has 2 rings (SSSR count). The second-order valence-corrected chi connectivity index (χ2v) is 5.20. The number of benzene rings is 1. The molecule has 0 unspecified atom stereocenters. The number of likely N-dealkylation sites (N-methyl/N-ethyl adjacent to an activating group) is 1. The molecule has 0 atom stereocenters. The molecule has 0 saturated carbocycles. The molecule has 1 saturated heterocycles. The van der Waals surface area contributed by atoms with Crippen LogP contribution in [0.3, 0.4) is 0 Å². The lowest BCUT2D eigenvalue weighted by Crippen LogP contribution is -2.45. The number of Topliss-reactive ketones (excluding diaryl/α,β-unsaturated/α-hetero) is 1. The lowest BCUT2D eigenvalue weighted by molar-refractivity contribution is 0.0874. The Hall–Kier alpha value is -1.39. The third-order valence-corrected chi connectivity index (χ3v) is 3.97. The van der Waals surface area contributed by atoms with Crippen LogP contribution in [0, 0.1) is 0 Å². The Balaban J connectivity index is 2.00. The van der Waals surface area contributed by atoms with E-state index in [1.165, 1.54) is 0 Å². The molecule has 1 N–H and O–H groups in total. The van der Waals surface area contributed by atoms with Crippen molar-refractivity contribution in [3.63, 3.8) is 0 Å². The average Bonchev–Trinajstić information content (AvgIpc) is 2.53. The first-order chi connectivity index (χ1) is 9.74. The molecule has 1 aromatic rings. The van der Waals surface area contributed by atoms with E-state index < -0.39 is 0 Å². The van der Waals surface area contributed by atoms with Crippen LogP contribution in [-0.4, -0.2) is 50.0 Å². The van der Waals surface area contributed by atoms with Gasteiger partial charge in [0.15, 0.2) is 5.78 Å². The number of hydrogen-bond donors (Lipinski definition) is 1.